The van der Waals surface area contributed by atoms with Gasteiger partial charge in [-0.2, -0.15) is 11.8 Å². The zero-order valence-electron chi connectivity index (χ0n) is 20.3. The number of carboxylic acids is 3. The molecule has 4 unspecified atom stereocenters. The van der Waals surface area contributed by atoms with E-state index in [2.05, 4.69) is 20.9 Å². The summed E-state index contributed by atoms with van der Waals surface area (Å²) in [5.41, 5.74) is 16.2. The second-order valence-corrected chi connectivity index (χ2v) is 8.87. The zero-order valence-corrected chi connectivity index (χ0v) is 21.2. The van der Waals surface area contributed by atoms with Crippen molar-refractivity contribution < 1.29 is 44.1 Å². The summed E-state index contributed by atoms with van der Waals surface area (Å²) in [6, 6.07) is -5.39. The first-order valence-corrected chi connectivity index (χ1v) is 12.5. The first kappa shape index (κ1) is 33.4. The smallest absolute Gasteiger partial charge is 0.326 e. The summed E-state index contributed by atoms with van der Waals surface area (Å²) in [4.78, 5) is 75.0. The Bertz CT molecular complexity index is 852. The molecule has 0 heterocycles. The summed E-state index contributed by atoms with van der Waals surface area (Å²) in [5, 5.41) is 33.9. The van der Waals surface area contributed by atoms with Gasteiger partial charge in [0.2, 0.25) is 17.7 Å². The maximum Gasteiger partial charge on any atom is 0.326 e. The summed E-state index contributed by atoms with van der Waals surface area (Å²) in [6.45, 7) is 0.0878. The molecular weight excluding hydrogens is 514 g/mol. The molecule has 0 saturated heterocycles. The van der Waals surface area contributed by atoms with Gasteiger partial charge < -0.3 is 48.5 Å². The molecule has 0 aromatic heterocycles. The number of hydrogen-bond acceptors (Lipinski definition) is 9. The van der Waals surface area contributed by atoms with E-state index in [4.69, 9.17) is 27.4 Å². The standard InChI is InChI=1S/C20H35N7O9S/c1-37-8-6-12(25-16(32)10(21)4-5-14(28)29)18(34)26-11(3-2-7-24-20(22)23)17(33)27-13(19(35)36)9-15(30)31/h10-13H,2-9,21H2,1H3,(H,25,32)(H,26,34)(H,27,33)(H,28,29)(H,30,31)(H,35,36)(H4,22,23,24). The van der Waals surface area contributed by atoms with Gasteiger partial charge in [-0.3, -0.25) is 29.0 Å². The number of carbonyl (C=O) groups is 6. The van der Waals surface area contributed by atoms with E-state index in [0.717, 1.165) is 0 Å². The van der Waals surface area contributed by atoms with E-state index in [1.165, 1.54) is 11.8 Å². The fourth-order valence-corrected chi connectivity index (χ4v) is 3.36. The first-order chi connectivity index (χ1) is 17.3. The maximum absolute atomic E-state index is 13.0. The topological polar surface area (TPSA) is 290 Å². The van der Waals surface area contributed by atoms with Crippen molar-refractivity contribution in [3.63, 3.8) is 0 Å². The molecule has 4 atom stereocenters. The van der Waals surface area contributed by atoms with Crippen LogP contribution in [-0.2, 0) is 28.8 Å². The highest BCUT2D eigenvalue weighted by molar-refractivity contribution is 7.98. The molecule has 0 aliphatic heterocycles. The summed E-state index contributed by atoms with van der Waals surface area (Å²) < 4.78 is 0. The van der Waals surface area contributed by atoms with Crippen molar-refractivity contribution in [2.45, 2.75) is 62.7 Å². The van der Waals surface area contributed by atoms with E-state index in [1.807, 2.05) is 0 Å². The van der Waals surface area contributed by atoms with Gasteiger partial charge in [0, 0.05) is 13.0 Å². The average Bonchev–Trinajstić information content (AvgIpc) is 2.80. The number of nitrogens with two attached hydrogens (primary N) is 3. The van der Waals surface area contributed by atoms with Crippen molar-refractivity contribution in [2.75, 3.05) is 18.6 Å². The molecule has 0 fully saturated rings. The summed E-state index contributed by atoms with van der Waals surface area (Å²) >= 11 is 1.38. The second-order valence-electron chi connectivity index (χ2n) is 7.89. The highest BCUT2D eigenvalue weighted by Crippen LogP contribution is 2.06. The van der Waals surface area contributed by atoms with Gasteiger partial charge in [-0.05, 0) is 37.7 Å². The van der Waals surface area contributed by atoms with Gasteiger partial charge in [0.15, 0.2) is 5.96 Å². The lowest BCUT2D eigenvalue weighted by Gasteiger charge is -2.25. The molecule has 0 rings (SSSR count). The zero-order chi connectivity index (χ0) is 28.5. The van der Waals surface area contributed by atoms with Crippen molar-refractivity contribution in [2.24, 2.45) is 22.2 Å². The van der Waals surface area contributed by atoms with Crippen LogP contribution in [0.1, 0.15) is 38.5 Å². The van der Waals surface area contributed by atoms with Crippen LogP contribution in [0.15, 0.2) is 4.99 Å². The summed E-state index contributed by atoms with van der Waals surface area (Å²) in [5.74, 6) is -6.44. The van der Waals surface area contributed by atoms with Crippen LogP contribution in [0.2, 0.25) is 0 Å². The van der Waals surface area contributed by atoms with Gasteiger partial charge in [0.25, 0.3) is 0 Å². The molecular formula is C20H35N7O9S. The molecule has 0 saturated carbocycles. The molecule has 0 aliphatic rings. The number of carbonyl (C=O) groups excluding carboxylic acids is 3. The van der Waals surface area contributed by atoms with Crippen molar-refractivity contribution in [1.29, 1.82) is 0 Å². The summed E-state index contributed by atoms with van der Waals surface area (Å²) in [7, 11) is 0. The number of thioether (sulfide) groups is 1. The SMILES string of the molecule is CSCCC(NC(=O)C(N)CCC(=O)O)C(=O)NC(CCCN=C(N)N)C(=O)NC(CC(=O)O)C(=O)O. The number of aliphatic carboxylic acids is 3. The normalized spacial score (nSPS) is 13.8. The largest absolute Gasteiger partial charge is 0.481 e. The molecule has 0 spiro atoms. The third-order valence-corrected chi connectivity index (χ3v) is 5.47. The minimum Gasteiger partial charge on any atom is -0.481 e. The molecule has 12 N–H and O–H groups in total. The molecule has 0 aromatic rings. The Morgan fingerprint density at radius 3 is 1.84 bits per heavy atom. The van der Waals surface area contributed by atoms with Crippen LogP contribution in [0.25, 0.3) is 0 Å². The Morgan fingerprint density at radius 1 is 0.811 bits per heavy atom. The molecule has 0 radical (unpaired) electrons. The minimum absolute atomic E-state index is 0.0465. The van der Waals surface area contributed by atoms with Crippen molar-refractivity contribution in [1.82, 2.24) is 16.0 Å². The van der Waals surface area contributed by atoms with E-state index in [1.54, 1.807) is 6.26 Å². The molecule has 37 heavy (non-hydrogen) atoms. The lowest BCUT2D eigenvalue weighted by atomic mass is 10.1. The lowest BCUT2D eigenvalue weighted by Crippen LogP contribution is -2.57. The molecule has 0 aromatic carbocycles. The molecule has 17 heteroatoms. The third kappa shape index (κ3) is 15.2. The predicted octanol–water partition coefficient (Wildman–Crippen LogP) is -3.00. The molecule has 0 aliphatic carbocycles. The quantitative estimate of drug-likeness (QED) is 0.0441. The third-order valence-electron chi connectivity index (χ3n) is 4.82. The number of amides is 3. The monoisotopic (exact) mass is 549 g/mol. The van der Waals surface area contributed by atoms with E-state index >= 15 is 0 Å². The molecule has 16 nitrogen and oxygen atoms in total. The minimum atomic E-state index is -1.75. The Hall–Kier alpha value is -3.60. The highest BCUT2D eigenvalue weighted by Gasteiger charge is 2.31. The Labute approximate surface area is 217 Å². The number of nitrogens with zero attached hydrogens (tertiary/aromatic N) is 1. The molecule has 0 bridgehead atoms. The predicted molar refractivity (Wildman–Crippen MR) is 133 cm³/mol. The second kappa shape index (κ2) is 17.8. The van der Waals surface area contributed by atoms with E-state index < -0.39 is 66.2 Å². The summed E-state index contributed by atoms with van der Waals surface area (Å²) in [6.07, 6.45) is 0.650. The van der Waals surface area contributed by atoms with Crippen LogP contribution in [0.3, 0.4) is 0 Å². The van der Waals surface area contributed by atoms with Gasteiger partial charge in [-0.15, -0.1) is 0 Å². The van der Waals surface area contributed by atoms with Gasteiger partial charge in [0.05, 0.1) is 12.5 Å². The molecule has 3 amide bonds. The van der Waals surface area contributed by atoms with Crippen molar-refractivity contribution >= 4 is 53.4 Å². The number of carboxylic acid groups (broad SMARTS) is 3. The maximum atomic E-state index is 13.0. The average molecular weight is 550 g/mol. The Morgan fingerprint density at radius 2 is 1.35 bits per heavy atom. The van der Waals surface area contributed by atoms with Gasteiger partial charge in [0.1, 0.15) is 18.1 Å². The lowest BCUT2D eigenvalue weighted by molar-refractivity contribution is -0.147. The first-order valence-electron chi connectivity index (χ1n) is 11.2. The Kier molecular flexibility index (Phi) is 16.0. The fourth-order valence-electron chi connectivity index (χ4n) is 2.89. The number of hydrogen-bond donors (Lipinski definition) is 9. The van der Waals surface area contributed by atoms with Crippen LogP contribution < -0.4 is 33.2 Å². The Balaban J connectivity index is 5.60. The van der Waals surface area contributed by atoms with E-state index in [9.17, 15) is 33.9 Å². The molecule has 210 valence electrons. The van der Waals surface area contributed by atoms with Gasteiger partial charge >= 0.3 is 17.9 Å². The van der Waals surface area contributed by atoms with E-state index in [-0.39, 0.29) is 44.6 Å². The van der Waals surface area contributed by atoms with Crippen LogP contribution in [-0.4, -0.2) is 99.6 Å². The highest BCUT2D eigenvalue weighted by atomic mass is 32.2. The van der Waals surface area contributed by atoms with Crippen LogP contribution >= 0.6 is 11.8 Å². The van der Waals surface area contributed by atoms with Crippen LogP contribution in [0.4, 0.5) is 0 Å². The van der Waals surface area contributed by atoms with Crippen LogP contribution in [0, 0.1) is 0 Å². The number of guanidine groups is 1. The van der Waals surface area contributed by atoms with Crippen LogP contribution in [0.5, 0.6) is 0 Å². The van der Waals surface area contributed by atoms with Crippen molar-refractivity contribution in [3.05, 3.63) is 0 Å². The van der Waals surface area contributed by atoms with Gasteiger partial charge in [-0.25, -0.2) is 4.79 Å². The number of rotatable bonds is 19. The van der Waals surface area contributed by atoms with E-state index in [0.29, 0.717) is 5.75 Å². The number of nitrogens with one attached hydrogen (secondary N) is 3. The van der Waals surface area contributed by atoms with Gasteiger partial charge in [-0.1, -0.05) is 0 Å². The fraction of sp³-hybridized carbons (Fsp3) is 0.650. The van der Waals surface area contributed by atoms with Crippen molar-refractivity contribution in [3.8, 4) is 0 Å². The number of aliphatic imine (C=N–C) groups is 1.